The smallest absolute Gasteiger partial charge is 0.0591 e. The lowest BCUT2D eigenvalue weighted by Crippen LogP contribution is -2.41. The predicted molar refractivity (Wildman–Crippen MR) is 124 cm³/mol. The predicted octanol–water partition coefficient (Wildman–Crippen LogP) is 5.71. The number of hydrogen-bond acceptors (Lipinski definition) is 3. The zero-order valence-electron chi connectivity index (χ0n) is 19.5. The van der Waals surface area contributed by atoms with Crippen molar-refractivity contribution in [2.75, 3.05) is 6.61 Å². The van der Waals surface area contributed by atoms with Crippen LogP contribution in [0, 0.1) is 23.2 Å². The van der Waals surface area contributed by atoms with Crippen LogP contribution in [-0.4, -0.2) is 33.6 Å². The lowest BCUT2D eigenvalue weighted by molar-refractivity contribution is 0.00550. The first-order chi connectivity index (χ1) is 14.2. The van der Waals surface area contributed by atoms with Crippen molar-refractivity contribution in [3.8, 4) is 0 Å². The van der Waals surface area contributed by atoms with E-state index in [1.807, 2.05) is 13.8 Å². The van der Waals surface area contributed by atoms with Crippen LogP contribution in [0.1, 0.15) is 91.4 Å². The Balaban J connectivity index is 1.73. The molecule has 0 bridgehead atoms. The fourth-order valence-corrected chi connectivity index (χ4v) is 6.70. The summed E-state index contributed by atoms with van der Waals surface area (Å²) in [7, 11) is 0. The van der Waals surface area contributed by atoms with Gasteiger partial charge in [0.25, 0.3) is 0 Å². The first kappa shape index (κ1) is 23.8. The number of aliphatic hydroxyl groups excluding tert-OH is 2. The van der Waals surface area contributed by atoms with Gasteiger partial charge in [-0.3, -0.25) is 0 Å². The quantitative estimate of drug-likeness (QED) is 0.498. The summed E-state index contributed by atoms with van der Waals surface area (Å²) in [6.45, 7) is 10.6. The standard InChI is InChI=1S/C27H44O3/c1-19-9-12-23(29)17-22(19)11-10-21-8-6-16-27(18-28)24(13-14-25(21)27)20(2)7-5-15-26(3,4)30/h10-11,20,23-25,28-30H,1,5-9,12-18H2,2-4H3/b21-10?,22-11-/t20-,23+,24-,25?,27+/m1/s1. The molecule has 0 aromatic heterocycles. The van der Waals surface area contributed by atoms with E-state index in [9.17, 15) is 15.3 Å². The van der Waals surface area contributed by atoms with Crippen LogP contribution in [-0.2, 0) is 0 Å². The van der Waals surface area contributed by atoms with Crippen LogP contribution in [0.25, 0.3) is 0 Å². The van der Waals surface area contributed by atoms with E-state index in [0.717, 1.165) is 57.8 Å². The van der Waals surface area contributed by atoms with Gasteiger partial charge in [0.05, 0.1) is 11.7 Å². The first-order valence-electron chi connectivity index (χ1n) is 12.3. The summed E-state index contributed by atoms with van der Waals surface area (Å²) < 4.78 is 0. The molecule has 3 N–H and O–H groups in total. The largest absolute Gasteiger partial charge is 0.396 e. The van der Waals surface area contributed by atoms with E-state index < -0.39 is 5.60 Å². The first-order valence-corrected chi connectivity index (χ1v) is 12.3. The molecule has 0 saturated heterocycles. The van der Waals surface area contributed by atoms with Gasteiger partial charge in [0.1, 0.15) is 0 Å². The summed E-state index contributed by atoms with van der Waals surface area (Å²) >= 11 is 0. The molecule has 0 aliphatic heterocycles. The van der Waals surface area contributed by atoms with Crippen molar-refractivity contribution in [3.63, 3.8) is 0 Å². The maximum absolute atomic E-state index is 10.6. The highest BCUT2D eigenvalue weighted by molar-refractivity contribution is 5.36. The highest BCUT2D eigenvalue weighted by Gasteiger charge is 2.53. The number of aliphatic hydroxyl groups is 3. The van der Waals surface area contributed by atoms with Gasteiger partial charge < -0.3 is 15.3 Å². The van der Waals surface area contributed by atoms with Crippen molar-refractivity contribution in [1.29, 1.82) is 0 Å². The summed E-state index contributed by atoms with van der Waals surface area (Å²) in [5.41, 5.74) is 3.32. The van der Waals surface area contributed by atoms with Crippen LogP contribution in [0.3, 0.4) is 0 Å². The third kappa shape index (κ3) is 5.29. The Bertz CT molecular complexity index is 668. The van der Waals surface area contributed by atoms with Crippen LogP contribution >= 0.6 is 0 Å². The fourth-order valence-electron chi connectivity index (χ4n) is 6.70. The van der Waals surface area contributed by atoms with Crippen molar-refractivity contribution in [2.45, 2.75) is 103 Å². The minimum Gasteiger partial charge on any atom is -0.396 e. The van der Waals surface area contributed by atoms with Crippen LogP contribution in [0.15, 0.2) is 35.5 Å². The average molecular weight is 417 g/mol. The Labute approximate surface area is 184 Å². The molecule has 3 fully saturated rings. The number of allylic oxidation sites excluding steroid dienone is 4. The van der Waals surface area contributed by atoms with Gasteiger partial charge >= 0.3 is 0 Å². The van der Waals surface area contributed by atoms with Crippen LogP contribution < -0.4 is 0 Å². The number of rotatable bonds is 7. The van der Waals surface area contributed by atoms with E-state index in [1.54, 1.807) is 0 Å². The lowest BCUT2D eigenvalue weighted by Gasteiger charge is -2.46. The van der Waals surface area contributed by atoms with E-state index in [-0.39, 0.29) is 18.1 Å². The second-order valence-electron chi connectivity index (χ2n) is 11.1. The average Bonchev–Trinajstić information content (AvgIpc) is 3.08. The van der Waals surface area contributed by atoms with Gasteiger partial charge in [-0.15, -0.1) is 0 Å². The van der Waals surface area contributed by atoms with Crippen molar-refractivity contribution in [2.24, 2.45) is 23.2 Å². The minimum atomic E-state index is -0.586. The molecule has 3 aliphatic carbocycles. The van der Waals surface area contributed by atoms with Gasteiger partial charge in [0, 0.05) is 12.0 Å². The van der Waals surface area contributed by atoms with E-state index >= 15 is 0 Å². The SMILES string of the molecule is C=C1CC[C@H](O)C/C1=C/C=C1CCC[C@@]2(CO)C1CC[C@@H]2[C@H](C)CCCC(C)(C)O. The number of fused-ring (bicyclic) bond motifs is 1. The highest BCUT2D eigenvalue weighted by atomic mass is 16.3. The summed E-state index contributed by atoms with van der Waals surface area (Å²) in [4.78, 5) is 0. The fraction of sp³-hybridized carbons (Fsp3) is 0.778. The molecule has 3 saturated carbocycles. The third-order valence-corrected chi connectivity index (χ3v) is 8.37. The topological polar surface area (TPSA) is 60.7 Å². The van der Waals surface area contributed by atoms with E-state index in [2.05, 4.69) is 25.7 Å². The van der Waals surface area contributed by atoms with Crippen LogP contribution in [0.2, 0.25) is 0 Å². The van der Waals surface area contributed by atoms with E-state index in [1.165, 1.54) is 29.6 Å². The van der Waals surface area contributed by atoms with Gasteiger partial charge in [-0.2, -0.15) is 0 Å². The summed E-state index contributed by atoms with van der Waals surface area (Å²) in [6, 6.07) is 0. The van der Waals surface area contributed by atoms with Gasteiger partial charge in [0.15, 0.2) is 0 Å². The Kier molecular flexibility index (Phi) is 7.69. The van der Waals surface area contributed by atoms with Crippen molar-refractivity contribution < 1.29 is 15.3 Å². The molecule has 3 rings (SSSR count). The third-order valence-electron chi connectivity index (χ3n) is 8.37. The Morgan fingerprint density at radius 2 is 1.97 bits per heavy atom. The van der Waals surface area contributed by atoms with E-state index in [4.69, 9.17) is 0 Å². The molecule has 170 valence electrons. The Hall–Kier alpha value is -0.900. The van der Waals surface area contributed by atoms with Crippen molar-refractivity contribution in [3.05, 3.63) is 35.5 Å². The second-order valence-corrected chi connectivity index (χ2v) is 11.1. The molecule has 0 spiro atoms. The molecule has 3 heteroatoms. The molecule has 1 unspecified atom stereocenters. The molecule has 30 heavy (non-hydrogen) atoms. The summed E-state index contributed by atoms with van der Waals surface area (Å²) in [5.74, 6) is 1.63. The maximum atomic E-state index is 10.6. The van der Waals surface area contributed by atoms with Crippen LogP contribution in [0.4, 0.5) is 0 Å². The molecule has 0 aromatic rings. The zero-order valence-corrected chi connectivity index (χ0v) is 19.5. The molecule has 3 nitrogen and oxygen atoms in total. The molecular formula is C27H44O3. The van der Waals surface area contributed by atoms with Crippen molar-refractivity contribution >= 4 is 0 Å². The molecule has 3 aliphatic rings. The molecule has 5 atom stereocenters. The second kappa shape index (κ2) is 9.71. The Morgan fingerprint density at radius 3 is 2.67 bits per heavy atom. The molecule has 0 aromatic carbocycles. The van der Waals surface area contributed by atoms with Crippen molar-refractivity contribution in [1.82, 2.24) is 0 Å². The van der Waals surface area contributed by atoms with Gasteiger partial charge in [0.2, 0.25) is 0 Å². The molecular weight excluding hydrogens is 372 g/mol. The maximum Gasteiger partial charge on any atom is 0.0591 e. The summed E-state index contributed by atoms with van der Waals surface area (Å²) in [6.07, 6.45) is 15.6. The van der Waals surface area contributed by atoms with Gasteiger partial charge in [-0.05, 0) is 95.0 Å². The molecule has 0 amide bonds. The molecule has 0 heterocycles. The van der Waals surface area contributed by atoms with E-state index in [0.29, 0.717) is 17.8 Å². The minimum absolute atomic E-state index is 0.0276. The lowest BCUT2D eigenvalue weighted by atomic mass is 9.60. The highest BCUT2D eigenvalue weighted by Crippen LogP contribution is 2.60. The Morgan fingerprint density at radius 1 is 1.20 bits per heavy atom. The monoisotopic (exact) mass is 416 g/mol. The van der Waals surface area contributed by atoms with Gasteiger partial charge in [-0.25, -0.2) is 0 Å². The normalized spacial score (nSPS) is 36.3. The van der Waals surface area contributed by atoms with Crippen LogP contribution in [0.5, 0.6) is 0 Å². The summed E-state index contributed by atoms with van der Waals surface area (Å²) in [5, 5.41) is 30.7. The number of hydrogen-bond donors (Lipinski definition) is 3. The molecule has 0 radical (unpaired) electrons. The van der Waals surface area contributed by atoms with Gasteiger partial charge in [-0.1, -0.05) is 49.6 Å². The zero-order chi connectivity index (χ0) is 21.9.